The fourth-order valence-corrected chi connectivity index (χ4v) is 40.9. The standard InChI is InChI=1S/C22H25.C19H19.C2H7Si.2ClH.Zr/c1-15(2)18-13-17-7-6-8-20(21(17)14-18)16-9-11-19(12-10-16)22(3,4)5;1-12-7-13(2)9-16(8-12)17-6-5-15(4)18-10-14(3)11-19(17)18;1-3-2;;;/h6-15H,1-5H3;5-11H,1-4H3;3H,1-2H3;2*1H;/q;;;;;+2/p-2. The molecule has 0 fully saturated rings. The number of hydrogen-bond acceptors (Lipinski definition) is 0. The van der Waals surface area contributed by atoms with Crippen molar-refractivity contribution < 1.29 is 15.6 Å². The number of benzene rings is 4. The van der Waals surface area contributed by atoms with Crippen LogP contribution in [0.25, 0.3) is 34.4 Å². The number of fused-ring (bicyclic) bond motifs is 2. The zero-order valence-electron chi connectivity index (χ0n) is 30.1. The minimum atomic E-state index is -4.85. The predicted octanol–water partition coefficient (Wildman–Crippen LogP) is 13.5. The van der Waals surface area contributed by atoms with Crippen LogP contribution in [0.1, 0.15) is 93.3 Å². The van der Waals surface area contributed by atoms with Crippen LogP contribution >= 0.6 is 17.0 Å². The third kappa shape index (κ3) is 5.68. The summed E-state index contributed by atoms with van der Waals surface area (Å²) in [6.07, 6.45) is 4.93. The molecule has 6 rings (SSSR count). The Labute approximate surface area is 293 Å². The van der Waals surface area contributed by atoms with Gasteiger partial charge in [-0.25, -0.2) is 0 Å². The molecule has 0 aromatic heterocycles. The monoisotopic (exact) mass is 755 g/mol. The average molecular weight is 758 g/mol. The van der Waals surface area contributed by atoms with Gasteiger partial charge in [-0.3, -0.25) is 0 Å². The summed E-state index contributed by atoms with van der Waals surface area (Å²) in [4.78, 5) is 0. The van der Waals surface area contributed by atoms with Crippen molar-refractivity contribution in [1.82, 2.24) is 0 Å². The summed E-state index contributed by atoms with van der Waals surface area (Å²) < 4.78 is 0.166. The zero-order chi connectivity index (χ0) is 34.2. The van der Waals surface area contributed by atoms with Crippen LogP contribution in [0.2, 0.25) is 13.1 Å². The van der Waals surface area contributed by atoms with Crippen LogP contribution in [0.5, 0.6) is 0 Å². The zero-order valence-corrected chi connectivity index (χ0v) is 35.3. The Morgan fingerprint density at radius 1 is 0.702 bits per heavy atom. The molecular weight excluding hydrogens is 707 g/mol. The summed E-state index contributed by atoms with van der Waals surface area (Å²) in [7, 11) is 17.4. The van der Waals surface area contributed by atoms with E-state index >= 15 is 0 Å². The SMILES string of the molecule is CC1=Cc2c(-c3cc(C)cc(C)c3)ccc(C)c2[CH]1[Zr]([Cl])([Cl])([CH]1C(C(C)C)=Cc2c(-c3ccc(C(C)(C)C)cc3)cccc21)[SiH](C)C. The molecule has 4 heteroatoms. The molecule has 2 aliphatic rings. The summed E-state index contributed by atoms with van der Waals surface area (Å²) in [5.41, 5.74) is 18.6. The van der Waals surface area contributed by atoms with E-state index in [1.165, 1.54) is 77.9 Å². The maximum atomic E-state index is 8.68. The summed E-state index contributed by atoms with van der Waals surface area (Å²) in [6.45, 7) is 25.4. The fraction of sp³-hybridized carbons (Fsp3) is 0.349. The predicted molar refractivity (Wildman–Crippen MR) is 209 cm³/mol. The molecule has 0 saturated carbocycles. The van der Waals surface area contributed by atoms with E-state index in [-0.39, 0.29) is 12.7 Å². The molecule has 2 atom stereocenters. The van der Waals surface area contributed by atoms with E-state index < -0.39 is 21.5 Å². The van der Waals surface area contributed by atoms with Crippen molar-refractivity contribution in [2.45, 2.75) is 88.1 Å². The normalized spacial score (nSPS) is 18.6. The summed E-state index contributed by atoms with van der Waals surface area (Å²) in [5, 5.41) is 0. The van der Waals surface area contributed by atoms with Crippen LogP contribution in [0.3, 0.4) is 0 Å². The van der Waals surface area contributed by atoms with Gasteiger partial charge in [0.15, 0.2) is 0 Å². The summed E-state index contributed by atoms with van der Waals surface area (Å²) in [6, 6.07) is 27.6. The molecule has 2 aliphatic carbocycles. The van der Waals surface area contributed by atoms with Gasteiger partial charge in [0.1, 0.15) is 0 Å². The third-order valence-corrected chi connectivity index (χ3v) is 63.1. The summed E-state index contributed by atoms with van der Waals surface area (Å²) in [5.74, 6) is -1.30. The Morgan fingerprint density at radius 3 is 1.89 bits per heavy atom. The molecule has 0 heterocycles. The Hall–Kier alpha value is -1.96. The number of rotatable bonds is 6. The Balaban J connectivity index is 1.57. The second-order valence-electron chi connectivity index (χ2n) is 16.2. The van der Waals surface area contributed by atoms with Crippen molar-refractivity contribution >= 4 is 35.1 Å². The minimum absolute atomic E-state index is 0.0822. The first-order valence-corrected chi connectivity index (χ1v) is 33.7. The van der Waals surface area contributed by atoms with Gasteiger partial charge in [0, 0.05) is 0 Å². The molecule has 47 heavy (non-hydrogen) atoms. The van der Waals surface area contributed by atoms with Crippen LogP contribution in [-0.2, 0) is 21.0 Å². The van der Waals surface area contributed by atoms with Gasteiger partial charge >= 0.3 is 295 Å². The molecule has 0 amide bonds. The average Bonchev–Trinajstić information content (AvgIpc) is 3.56. The van der Waals surface area contributed by atoms with Gasteiger partial charge in [0.2, 0.25) is 0 Å². The van der Waals surface area contributed by atoms with E-state index in [1.807, 2.05) is 0 Å². The molecule has 0 aliphatic heterocycles. The summed E-state index contributed by atoms with van der Waals surface area (Å²) >= 11 is -4.85. The molecule has 0 saturated heterocycles. The van der Waals surface area contributed by atoms with Gasteiger partial charge in [0.25, 0.3) is 0 Å². The first-order valence-electron chi connectivity index (χ1n) is 17.4. The van der Waals surface area contributed by atoms with E-state index in [1.54, 1.807) is 0 Å². The first kappa shape index (κ1) is 34.9. The van der Waals surface area contributed by atoms with Crippen molar-refractivity contribution in [2.24, 2.45) is 5.92 Å². The molecular formula is C43H51Cl2SiZr. The van der Waals surface area contributed by atoms with E-state index in [9.17, 15) is 0 Å². The van der Waals surface area contributed by atoms with Gasteiger partial charge in [-0.15, -0.1) is 0 Å². The van der Waals surface area contributed by atoms with Crippen molar-refractivity contribution in [3.8, 4) is 22.3 Å². The van der Waals surface area contributed by atoms with Crippen LogP contribution in [0.15, 0.2) is 83.9 Å². The van der Waals surface area contributed by atoms with E-state index in [0.717, 1.165) is 0 Å². The van der Waals surface area contributed by atoms with Gasteiger partial charge in [-0.2, -0.15) is 0 Å². The van der Waals surface area contributed by atoms with E-state index in [0.29, 0.717) is 5.92 Å². The number of allylic oxidation sites excluding steroid dienone is 2. The molecule has 2 unspecified atom stereocenters. The molecule has 4 aromatic carbocycles. The molecule has 0 N–H and O–H groups in total. The first-order chi connectivity index (χ1) is 21.9. The molecule has 0 spiro atoms. The molecule has 0 nitrogen and oxygen atoms in total. The Bertz CT molecular complexity index is 1930. The third-order valence-electron chi connectivity index (χ3n) is 11.2. The van der Waals surface area contributed by atoms with Crippen LogP contribution in [0.4, 0.5) is 0 Å². The molecule has 0 radical (unpaired) electrons. The Morgan fingerprint density at radius 2 is 1.32 bits per heavy atom. The molecule has 4 aromatic rings. The number of hydrogen-bond donors (Lipinski definition) is 0. The fourth-order valence-electron chi connectivity index (χ4n) is 8.69. The topological polar surface area (TPSA) is 0 Å². The van der Waals surface area contributed by atoms with Crippen LogP contribution in [0, 0.1) is 26.7 Å². The Kier molecular flexibility index (Phi) is 9.00. The molecule has 245 valence electrons. The van der Waals surface area contributed by atoms with Gasteiger partial charge < -0.3 is 0 Å². The van der Waals surface area contributed by atoms with Crippen molar-refractivity contribution in [3.63, 3.8) is 0 Å². The van der Waals surface area contributed by atoms with Crippen LogP contribution in [-0.4, -0.2) is 5.92 Å². The van der Waals surface area contributed by atoms with Gasteiger partial charge in [-0.05, 0) is 0 Å². The number of halogens is 2. The van der Waals surface area contributed by atoms with Gasteiger partial charge in [0.05, 0.1) is 0 Å². The van der Waals surface area contributed by atoms with Crippen molar-refractivity contribution in [1.29, 1.82) is 0 Å². The van der Waals surface area contributed by atoms with E-state index in [2.05, 4.69) is 160 Å². The maximum absolute atomic E-state index is 8.68. The second kappa shape index (κ2) is 12.1. The second-order valence-corrected chi connectivity index (χ2v) is 58.7. The number of aryl methyl sites for hydroxylation is 3. The molecule has 0 bridgehead atoms. The quantitative estimate of drug-likeness (QED) is 0.172. The van der Waals surface area contributed by atoms with Crippen LogP contribution < -0.4 is 0 Å². The van der Waals surface area contributed by atoms with E-state index in [4.69, 9.17) is 17.0 Å². The van der Waals surface area contributed by atoms with Crippen molar-refractivity contribution in [3.05, 3.63) is 128 Å². The van der Waals surface area contributed by atoms with Gasteiger partial charge in [-0.1, -0.05) is 0 Å². The van der Waals surface area contributed by atoms with Crippen molar-refractivity contribution in [2.75, 3.05) is 0 Å².